The Morgan fingerprint density at radius 1 is 1.24 bits per heavy atom. The topological polar surface area (TPSA) is 40.6 Å². The summed E-state index contributed by atoms with van der Waals surface area (Å²) in [6.07, 6.45) is 7.73. The van der Waals surface area contributed by atoms with Crippen molar-refractivity contribution in [1.29, 1.82) is 0 Å². The Kier molecular flexibility index (Phi) is 4.98. The first-order valence-corrected chi connectivity index (χ1v) is 9.95. The van der Waals surface area contributed by atoms with Gasteiger partial charge in [-0.2, -0.15) is 0 Å². The van der Waals surface area contributed by atoms with Crippen LogP contribution in [0.1, 0.15) is 38.2 Å². The molecule has 3 fully saturated rings. The quantitative estimate of drug-likeness (QED) is 0.857. The summed E-state index contributed by atoms with van der Waals surface area (Å²) in [5.41, 5.74) is 1.72. The van der Waals surface area contributed by atoms with Gasteiger partial charge in [0.25, 0.3) is 0 Å². The van der Waals surface area contributed by atoms with E-state index in [0.29, 0.717) is 17.6 Å². The van der Waals surface area contributed by atoms with E-state index >= 15 is 0 Å². The average molecular weight is 345 g/mol. The van der Waals surface area contributed by atoms with Crippen molar-refractivity contribution < 1.29 is 4.74 Å². The fourth-order valence-electron chi connectivity index (χ4n) is 4.71. The highest BCUT2D eigenvalue weighted by Gasteiger charge is 2.58. The lowest BCUT2D eigenvalue weighted by atomic mass is 9.51. The monoisotopic (exact) mass is 344 g/mol. The van der Waals surface area contributed by atoms with Crippen LogP contribution in [-0.4, -0.2) is 61.9 Å². The molecule has 1 spiro atoms. The fourth-order valence-corrected chi connectivity index (χ4v) is 4.71. The maximum Gasteiger partial charge on any atom is 0.128 e. The summed E-state index contributed by atoms with van der Waals surface area (Å²) in [5, 5.41) is 3.78. The van der Waals surface area contributed by atoms with E-state index in [9.17, 15) is 0 Å². The predicted octanol–water partition coefficient (Wildman–Crippen LogP) is 2.27. The number of nitrogens with zero attached hydrogens (tertiary/aromatic N) is 3. The van der Waals surface area contributed by atoms with Gasteiger partial charge in [0.15, 0.2) is 0 Å². The van der Waals surface area contributed by atoms with Crippen LogP contribution in [0.4, 0.5) is 5.82 Å². The third-order valence-corrected chi connectivity index (χ3v) is 6.63. The molecule has 0 amide bonds. The Hall–Kier alpha value is -1.17. The number of nitrogens with one attached hydrogen (secondary N) is 1. The van der Waals surface area contributed by atoms with E-state index in [-0.39, 0.29) is 0 Å². The summed E-state index contributed by atoms with van der Waals surface area (Å²) >= 11 is 0. The van der Waals surface area contributed by atoms with Gasteiger partial charge in [0.1, 0.15) is 5.82 Å². The molecule has 0 bridgehead atoms. The number of hydrogen-bond acceptors (Lipinski definition) is 5. The van der Waals surface area contributed by atoms with Gasteiger partial charge in [0.05, 0.1) is 6.10 Å². The first-order valence-electron chi connectivity index (χ1n) is 9.95. The van der Waals surface area contributed by atoms with E-state index in [4.69, 9.17) is 9.72 Å². The maximum atomic E-state index is 5.95. The van der Waals surface area contributed by atoms with Crippen molar-refractivity contribution in [3.05, 3.63) is 23.9 Å². The molecule has 1 aliphatic heterocycles. The lowest BCUT2D eigenvalue weighted by Crippen LogP contribution is -2.66. The van der Waals surface area contributed by atoms with Crippen LogP contribution < -0.4 is 10.2 Å². The van der Waals surface area contributed by atoms with Crippen molar-refractivity contribution in [2.24, 2.45) is 5.41 Å². The smallest absolute Gasteiger partial charge is 0.128 e. The Morgan fingerprint density at radius 2 is 2.04 bits per heavy atom. The van der Waals surface area contributed by atoms with Crippen LogP contribution in [0.3, 0.4) is 0 Å². The molecule has 1 aromatic rings. The third-order valence-electron chi connectivity index (χ3n) is 6.63. The van der Waals surface area contributed by atoms with Gasteiger partial charge in [-0.05, 0) is 44.9 Å². The predicted molar refractivity (Wildman–Crippen MR) is 101 cm³/mol. The number of ether oxygens (including phenoxy) is 1. The van der Waals surface area contributed by atoms with Crippen LogP contribution in [0, 0.1) is 5.41 Å². The van der Waals surface area contributed by atoms with E-state index in [1.54, 1.807) is 0 Å². The second-order valence-electron chi connectivity index (χ2n) is 8.01. The maximum absolute atomic E-state index is 5.95. The SMILES string of the molecule is CCO[C@@H]1C[C@H](NCc2ccc(N3CCN(C)CC3)nc2)C12CCC2. The number of aromatic nitrogens is 1. The minimum absolute atomic E-state index is 0.434. The van der Waals surface area contributed by atoms with Crippen LogP contribution in [-0.2, 0) is 11.3 Å². The van der Waals surface area contributed by atoms with Crippen LogP contribution in [0.15, 0.2) is 18.3 Å². The van der Waals surface area contributed by atoms with Crippen molar-refractivity contribution in [2.45, 2.75) is 51.3 Å². The molecular formula is C20H32N4O. The van der Waals surface area contributed by atoms with Gasteiger partial charge in [-0.3, -0.25) is 0 Å². The third kappa shape index (κ3) is 3.29. The van der Waals surface area contributed by atoms with Gasteiger partial charge in [-0.1, -0.05) is 12.5 Å². The van der Waals surface area contributed by atoms with Gasteiger partial charge >= 0.3 is 0 Å². The van der Waals surface area contributed by atoms with Crippen molar-refractivity contribution >= 4 is 5.82 Å². The molecule has 2 aliphatic carbocycles. The van der Waals surface area contributed by atoms with Gasteiger partial charge in [-0.15, -0.1) is 0 Å². The van der Waals surface area contributed by atoms with Gasteiger partial charge in [-0.25, -0.2) is 4.98 Å². The Morgan fingerprint density at radius 3 is 2.64 bits per heavy atom. The van der Waals surface area contributed by atoms with E-state index in [1.807, 2.05) is 6.20 Å². The van der Waals surface area contributed by atoms with Gasteiger partial charge in [0.2, 0.25) is 0 Å². The molecule has 2 atom stereocenters. The molecule has 1 N–H and O–H groups in total. The molecule has 4 rings (SSSR count). The first-order chi connectivity index (χ1) is 12.2. The number of hydrogen-bond donors (Lipinski definition) is 1. The van der Waals surface area contributed by atoms with Gasteiger partial charge < -0.3 is 19.9 Å². The van der Waals surface area contributed by atoms with Crippen molar-refractivity contribution in [1.82, 2.24) is 15.2 Å². The minimum atomic E-state index is 0.434. The zero-order valence-electron chi connectivity index (χ0n) is 15.7. The van der Waals surface area contributed by atoms with Gasteiger partial charge in [0, 0.05) is 57.0 Å². The molecular weight excluding hydrogens is 312 g/mol. The van der Waals surface area contributed by atoms with Crippen molar-refractivity contribution in [3.8, 4) is 0 Å². The standard InChI is InChI=1S/C20H32N4O/c1-3-25-18-13-17(20(18)7-4-8-20)21-14-16-5-6-19(22-15-16)24-11-9-23(2)10-12-24/h5-6,15,17-18,21H,3-4,7-14H2,1-2H3/t17-,18+/m0/s1. The summed E-state index contributed by atoms with van der Waals surface area (Å²) in [4.78, 5) is 9.47. The Balaban J connectivity index is 1.29. The lowest BCUT2D eigenvalue weighted by Gasteiger charge is -2.61. The zero-order valence-corrected chi connectivity index (χ0v) is 15.7. The molecule has 5 nitrogen and oxygen atoms in total. The Labute approximate surface area is 151 Å². The summed E-state index contributed by atoms with van der Waals surface area (Å²) in [7, 11) is 2.19. The molecule has 2 heterocycles. The number of rotatable bonds is 6. The van der Waals surface area contributed by atoms with Crippen LogP contribution in [0.2, 0.25) is 0 Å². The molecule has 1 saturated heterocycles. The zero-order chi connectivity index (χ0) is 17.3. The van der Waals surface area contributed by atoms with E-state index in [0.717, 1.165) is 45.1 Å². The number of pyridine rings is 1. The normalized spacial score (nSPS) is 28.6. The summed E-state index contributed by atoms with van der Waals surface area (Å²) < 4.78 is 5.95. The second-order valence-corrected chi connectivity index (χ2v) is 8.01. The molecule has 138 valence electrons. The molecule has 0 unspecified atom stereocenters. The van der Waals surface area contributed by atoms with Crippen molar-refractivity contribution in [2.75, 3.05) is 44.7 Å². The molecule has 5 heteroatoms. The van der Waals surface area contributed by atoms with E-state index in [2.05, 4.69) is 41.2 Å². The summed E-state index contributed by atoms with van der Waals surface area (Å²) in [6, 6.07) is 5.04. The highest BCUT2D eigenvalue weighted by atomic mass is 16.5. The van der Waals surface area contributed by atoms with E-state index < -0.39 is 0 Å². The molecule has 1 aromatic heterocycles. The number of piperazine rings is 1. The van der Waals surface area contributed by atoms with Crippen LogP contribution in [0.25, 0.3) is 0 Å². The van der Waals surface area contributed by atoms with Crippen molar-refractivity contribution in [3.63, 3.8) is 0 Å². The first kappa shape index (κ1) is 17.3. The minimum Gasteiger partial charge on any atom is -0.378 e. The number of anilines is 1. The fraction of sp³-hybridized carbons (Fsp3) is 0.750. The average Bonchev–Trinajstić information content (AvgIpc) is 2.57. The lowest BCUT2D eigenvalue weighted by molar-refractivity contribution is -0.173. The highest BCUT2D eigenvalue weighted by molar-refractivity contribution is 5.40. The largest absolute Gasteiger partial charge is 0.378 e. The summed E-state index contributed by atoms with van der Waals surface area (Å²) in [6.45, 7) is 8.26. The molecule has 2 saturated carbocycles. The highest BCUT2D eigenvalue weighted by Crippen LogP contribution is 2.57. The molecule has 0 radical (unpaired) electrons. The molecule has 25 heavy (non-hydrogen) atoms. The van der Waals surface area contributed by atoms with E-state index in [1.165, 1.54) is 31.2 Å². The van der Waals surface area contributed by atoms with Crippen LogP contribution in [0.5, 0.6) is 0 Å². The summed E-state index contributed by atoms with van der Waals surface area (Å²) in [5.74, 6) is 1.12. The molecule has 0 aromatic carbocycles. The molecule has 3 aliphatic rings. The Bertz CT molecular complexity index is 564. The van der Waals surface area contributed by atoms with Crippen LogP contribution >= 0.6 is 0 Å². The number of likely N-dealkylation sites (N-methyl/N-ethyl adjacent to an activating group) is 1. The second kappa shape index (κ2) is 7.22.